The van der Waals surface area contributed by atoms with E-state index in [1.807, 2.05) is 132 Å². The first-order valence-electron chi connectivity index (χ1n) is 15.0. The summed E-state index contributed by atoms with van der Waals surface area (Å²) in [5, 5.41) is 2.04. The minimum Gasteiger partial charge on any atom is -0.456 e. The van der Waals surface area contributed by atoms with Crippen LogP contribution in [-0.2, 0) is 13.0 Å². The molecule has 0 bridgehead atoms. The molecule has 0 aliphatic carbocycles. The lowest BCUT2D eigenvalue weighted by molar-refractivity contribution is 0.0972. The van der Waals surface area contributed by atoms with Gasteiger partial charge in [0.25, 0.3) is 0 Å². The van der Waals surface area contributed by atoms with Gasteiger partial charge in [0, 0.05) is 22.8 Å². The molecule has 0 saturated heterocycles. The van der Waals surface area contributed by atoms with E-state index in [0.29, 0.717) is 23.5 Å². The molecule has 5 nitrogen and oxygen atoms in total. The average molecular weight is 666 g/mol. The number of aromatic nitrogens is 2. The molecule has 8 aromatic rings. The minimum absolute atomic E-state index is 0. The Labute approximate surface area is 276 Å². The number of benzene rings is 5. The zero-order chi connectivity index (χ0) is 30.2. The van der Waals surface area contributed by atoms with E-state index in [-0.39, 0.29) is 29.3 Å². The van der Waals surface area contributed by atoms with Gasteiger partial charge >= 0.3 is 0 Å². The second-order valence-corrected chi connectivity index (χ2v) is 11.1. The standard InChI is InChI=1S/C40H28N2O3.BrH/c43-35(29-20-18-28(19-21-29)27-10-2-1-3-11-27)26-42-34-15-7-6-14-33(34)41-40(42)23-22-32(38-24-30-12-4-8-16-36(30)44-38)39-25-31-13-5-9-17-37(31)45-39;/h1-22,24-25H,23,26H2;1H. The van der Waals surface area contributed by atoms with E-state index in [0.717, 1.165) is 55.5 Å². The molecule has 0 N–H and O–H groups in total. The summed E-state index contributed by atoms with van der Waals surface area (Å²) >= 11 is 0. The topological polar surface area (TPSA) is 61.2 Å². The Bertz CT molecular complexity index is 2200. The number of allylic oxidation sites excluding steroid dienone is 1. The zero-order valence-corrected chi connectivity index (χ0v) is 26.5. The number of furan rings is 2. The monoisotopic (exact) mass is 664 g/mol. The maximum atomic E-state index is 13.6. The van der Waals surface area contributed by atoms with Gasteiger partial charge in [-0.2, -0.15) is 0 Å². The Morgan fingerprint density at radius 3 is 1.87 bits per heavy atom. The van der Waals surface area contributed by atoms with E-state index in [1.54, 1.807) is 0 Å². The van der Waals surface area contributed by atoms with Gasteiger partial charge in [0.1, 0.15) is 28.5 Å². The number of carbonyl (C=O) groups is 1. The molecule has 8 rings (SSSR count). The van der Waals surface area contributed by atoms with E-state index in [9.17, 15) is 4.79 Å². The van der Waals surface area contributed by atoms with Gasteiger partial charge in [-0.05, 0) is 47.5 Å². The fraction of sp³-hybridized carbons (Fsp3) is 0.0500. The van der Waals surface area contributed by atoms with Crippen LogP contribution in [0.25, 0.3) is 49.7 Å². The number of hydrogen-bond donors (Lipinski definition) is 0. The van der Waals surface area contributed by atoms with Crippen LogP contribution in [0.5, 0.6) is 0 Å². The number of nitrogens with zero attached hydrogens (tertiary/aromatic N) is 2. The molecule has 3 aromatic heterocycles. The Kier molecular flexibility index (Phi) is 7.95. The number of halogens is 1. The number of imidazole rings is 1. The van der Waals surface area contributed by atoms with E-state index in [2.05, 4.69) is 18.2 Å². The summed E-state index contributed by atoms with van der Waals surface area (Å²) < 4.78 is 14.6. The molecular weight excluding hydrogens is 636 g/mol. The number of para-hydroxylation sites is 4. The summed E-state index contributed by atoms with van der Waals surface area (Å²) in [6.45, 7) is 0.180. The third-order valence-electron chi connectivity index (χ3n) is 8.22. The van der Waals surface area contributed by atoms with Crippen molar-refractivity contribution in [2.75, 3.05) is 0 Å². The van der Waals surface area contributed by atoms with Crippen LogP contribution in [0.1, 0.15) is 27.7 Å². The maximum absolute atomic E-state index is 13.6. The summed E-state index contributed by atoms with van der Waals surface area (Å²) in [5.41, 5.74) is 7.09. The van der Waals surface area contributed by atoms with Crippen LogP contribution in [0.15, 0.2) is 154 Å². The summed E-state index contributed by atoms with van der Waals surface area (Å²) in [6, 6.07) is 46.0. The van der Waals surface area contributed by atoms with E-state index < -0.39 is 0 Å². The molecule has 0 saturated carbocycles. The van der Waals surface area contributed by atoms with Gasteiger partial charge in [-0.15, -0.1) is 17.0 Å². The molecule has 224 valence electrons. The molecule has 5 aromatic carbocycles. The summed E-state index contributed by atoms with van der Waals surface area (Å²) in [5.74, 6) is 2.24. The molecule has 6 heteroatoms. The first kappa shape index (κ1) is 29.3. The van der Waals surface area contributed by atoms with Gasteiger partial charge in [-0.1, -0.05) is 109 Å². The molecule has 0 aliphatic heterocycles. The maximum Gasteiger partial charge on any atom is 0.182 e. The fourth-order valence-corrected chi connectivity index (χ4v) is 5.92. The lowest BCUT2D eigenvalue weighted by atomic mass is 10.0. The SMILES string of the molecule is Br.O=C(Cn1c(CC=C(c2cc3ccccc3o2)c2cc3ccccc3o2)nc2ccccc21)c1ccc(-c2ccccc2)cc1. The van der Waals surface area contributed by atoms with Crippen LogP contribution in [0.3, 0.4) is 0 Å². The van der Waals surface area contributed by atoms with Crippen molar-refractivity contribution in [2.24, 2.45) is 0 Å². The molecular formula is C40H29BrN2O3. The highest BCUT2D eigenvalue weighted by atomic mass is 79.9. The normalized spacial score (nSPS) is 11.1. The van der Waals surface area contributed by atoms with Crippen LogP contribution in [0.2, 0.25) is 0 Å². The molecule has 0 spiro atoms. The van der Waals surface area contributed by atoms with Gasteiger partial charge in [0.15, 0.2) is 5.78 Å². The second kappa shape index (κ2) is 12.5. The number of Topliss-reactive ketones (excluding diaryl/α,β-unsaturated/α-hetero) is 1. The van der Waals surface area contributed by atoms with Gasteiger partial charge in [0.2, 0.25) is 0 Å². The third-order valence-corrected chi connectivity index (χ3v) is 8.22. The summed E-state index contributed by atoms with van der Waals surface area (Å²) in [4.78, 5) is 18.6. The van der Waals surface area contributed by atoms with Gasteiger partial charge < -0.3 is 13.4 Å². The first-order valence-corrected chi connectivity index (χ1v) is 15.0. The molecule has 0 radical (unpaired) electrons. The summed E-state index contributed by atoms with van der Waals surface area (Å²) in [6.07, 6.45) is 2.56. The lowest BCUT2D eigenvalue weighted by Gasteiger charge is -2.09. The smallest absolute Gasteiger partial charge is 0.182 e. The Hall–Kier alpha value is -5.46. The Morgan fingerprint density at radius 1 is 0.652 bits per heavy atom. The molecule has 0 fully saturated rings. The number of carbonyl (C=O) groups excluding carboxylic acids is 1. The predicted octanol–water partition coefficient (Wildman–Crippen LogP) is 10.3. The average Bonchev–Trinajstić information content (AvgIpc) is 3.81. The number of hydrogen-bond acceptors (Lipinski definition) is 4. The van der Waals surface area contributed by atoms with E-state index in [4.69, 9.17) is 13.8 Å². The van der Waals surface area contributed by atoms with Crippen molar-refractivity contribution in [1.82, 2.24) is 9.55 Å². The summed E-state index contributed by atoms with van der Waals surface area (Å²) in [7, 11) is 0. The highest BCUT2D eigenvalue weighted by molar-refractivity contribution is 8.93. The highest BCUT2D eigenvalue weighted by Crippen LogP contribution is 2.33. The molecule has 0 unspecified atom stereocenters. The van der Waals surface area contributed by atoms with Crippen molar-refractivity contribution in [3.8, 4) is 11.1 Å². The second-order valence-electron chi connectivity index (χ2n) is 11.1. The number of ketones is 1. The van der Waals surface area contributed by atoms with Crippen molar-refractivity contribution in [3.05, 3.63) is 169 Å². The highest BCUT2D eigenvalue weighted by Gasteiger charge is 2.18. The van der Waals surface area contributed by atoms with Crippen LogP contribution in [-0.4, -0.2) is 15.3 Å². The molecule has 0 atom stereocenters. The van der Waals surface area contributed by atoms with Gasteiger partial charge in [-0.25, -0.2) is 4.98 Å². The fourth-order valence-electron chi connectivity index (χ4n) is 5.92. The Morgan fingerprint density at radius 2 is 1.22 bits per heavy atom. The van der Waals surface area contributed by atoms with Crippen molar-refractivity contribution >= 4 is 61.3 Å². The van der Waals surface area contributed by atoms with Crippen molar-refractivity contribution < 1.29 is 13.6 Å². The first-order chi connectivity index (χ1) is 22.2. The molecule has 3 heterocycles. The van der Waals surface area contributed by atoms with E-state index in [1.165, 1.54) is 0 Å². The lowest BCUT2D eigenvalue weighted by Crippen LogP contribution is -2.13. The van der Waals surface area contributed by atoms with Crippen molar-refractivity contribution in [1.29, 1.82) is 0 Å². The quantitative estimate of drug-likeness (QED) is 0.152. The van der Waals surface area contributed by atoms with Crippen LogP contribution in [0, 0.1) is 0 Å². The molecule has 0 aliphatic rings. The van der Waals surface area contributed by atoms with Crippen LogP contribution >= 0.6 is 17.0 Å². The minimum atomic E-state index is 0. The van der Waals surface area contributed by atoms with Gasteiger partial charge in [-0.3, -0.25) is 4.79 Å². The predicted molar refractivity (Wildman–Crippen MR) is 189 cm³/mol. The Balaban J connectivity index is 0.00000338. The van der Waals surface area contributed by atoms with Crippen LogP contribution in [0.4, 0.5) is 0 Å². The van der Waals surface area contributed by atoms with Crippen LogP contribution < -0.4 is 0 Å². The third kappa shape index (κ3) is 5.59. The molecule has 0 amide bonds. The van der Waals surface area contributed by atoms with Gasteiger partial charge in [0.05, 0.1) is 23.2 Å². The largest absolute Gasteiger partial charge is 0.456 e. The van der Waals surface area contributed by atoms with Crippen molar-refractivity contribution in [3.63, 3.8) is 0 Å². The van der Waals surface area contributed by atoms with Crippen molar-refractivity contribution in [2.45, 2.75) is 13.0 Å². The number of rotatable bonds is 8. The molecule has 46 heavy (non-hydrogen) atoms. The van der Waals surface area contributed by atoms with E-state index >= 15 is 0 Å². The zero-order valence-electron chi connectivity index (χ0n) is 24.8. The number of fused-ring (bicyclic) bond motifs is 3.